The number of hydrogen-bond donors (Lipinski definition) is 1. The number of piperidine rings is 1. The van der Waals surface area contributed by atoms with E-state index in [-0.39, 0.29) is 23.9 Å². The summed E-state index contributed by atoms with van der Waals surface area (Å²) in [4.78, 5) is 30.7. The molecule has 1 saturated heterocycles. The lowest BCUT2D eigenvalue weighted by Gasteiger charge is -2.38. The summed E-state index contributed by atoms with van der Waals surface area (Å²) in [7, 11) is 3.59. The third kappa shape index (κ3) is 5.19. The van der Waals surface area contributed by atoms with Crippen molar-refractivity contribution in [2.75, 3.05) is 32.1 Å². The number of hydrogen-bond acceptors (Lipinski definition) is 4. The van der Waals surface area contributed by atoms with E-state index < -0.39 is 0 Å². The topological polar surface area (TPSA) is 61.9 Å². The van der Waals surface area contributed by atoms with Gasteiger partial charge in [-0.25, -0.2) is 0 Å². The lowest BCUT2D eigenvalue weighted by Crippen LogP contribution is -2.45. The van der Waals surface area contributed by atoms with E-state index in [9.17, 15) is 9.59 Å². The number of rotatable bonds is 6. The molecule has 1 aliphatic heterocycles. The fourth-order valence-electron chi connectivity index (χ4n) is 5.62. The number of benzene rings is 3. The molecule has 1 atom stereocenters. The van der Waals surface area contributed by atoms with Crippen molar-refractivity contribution in [1.29, 1.82) is 0 Å². The zero-order chi connectivity index (χ0) is 25.9. The van der Waals surface area contributed by atoms with Crippen LogP contribution in [0.25, 0.3) is 0 Å². The van der Waals surface area contributed by atoms with Crippen LogP contribution in [0.4, 0.5) is 5.69 Å². The monoisotopic (exact) mass is 497 g/mol. The van der Waals surface area contributed by atoms with Gasteiger partial charge in [0.25, 0.3) is 11.8 Å². The Morgan fingerprint density at radius 1 is 0.973 bits per heavy atom. The molecule has 6 nitrogen and oxygen atoms in total. The summed E-state index contributed by atoms with van der Waals surface area (Å²) in [5.41, 5.74) is 5.81. The molecule has 6 heteroatoms. The molecule has 1 fully saturated rings. The minimum absolute atomic E-state index is 0.0431. The number of aryl methyl sites for hydroxylation is 2. The summed E-state index contributed by atoms with van der Waals surface area (Å²) in [5.74, 6) is 0.838. The van der Waals surface area contributed by atoms with E-state index >= 15 is 0 Å². The third-order valence-electron chi connectivity index (χ3n) is 7.94. The van der Waals surface area contributed by atoms with Gasteiger partial charge < -0.3 is 19.9 Å². The van der Waals surface area contributed by atoms with Crippen LogP contribution in [0.2, 0.25) is 0 Å². The van der Waals surface area contributed by atoms with Crippen molar-refractivity contribution in [3.63, 3.8) is 0 Å². The standard InChI is InChI=1S/C31H35N3O3/c1-21-6-4-5-7-27(21)30(35)32-29-15-10-22-8-9-23(20-28(22)29)31(36)33(2)24-16-18-34(19-17-24)25-11-13-26(37-3)14-12-25/h4-9,11-14,20,24,29H,10,15-19H2,1-3H3,(H,32,35)/t29-/m1/s1. The van der Waals surface area contributed by atoms with Crippen molar-refractivity contribution in [3.05, 3.63) is 94.5 Å². The van der Waals surface area contributed by atoms with Gasteiger partial charge in [-0.1, -0.05) is 24.3 Å². The van der Waals surface area contributed by atoms with Crippen LogP contribution in [-0.2, 0) is 6.42 Å². The summed E-state index contributed by atoms with van der Waals surface area (Å²) < 4.78 is 5.27. The van der Waals surface area contributed by atoms with Gasteiger partial charge in [0, 0.05) is 43.0 Å². The van der Waals surface area contributed by atoms with Gasteiger partial charge in [-0.2, -0.15) is 0 Å². The van der Waals surface area contributed by atoms with Crippen molar-refractivity contribution in [2.45, 2.75) is 44.7 Å². The van der Waals surface area contributed by atoms with Crippen LogP contribution in [0, 0.1) is 6.92 Å². The maximum atomic E-state index is 13.5. The number of fused-ring (bicyclic) bond motifs is 1. The average molecular weight is 498 g/mol. The molecule has 5 rings (SSSR count). The largest absolute Gasteiger partial charge is 0.497 e. The maximum Gasteiger partial charge on any atom is 0.253 e. The smallest absolute Gasteiger partial charge is 0.253 e. The van der Waals surface area contributed by atoms with E-state index in [2.05, 4.69) is 28.4 Å². The predicted molar refractivity (Wildman–Crippen MR) is 146 cm³/mol. The maximum absolute atomic E-state index is 13.5. The molecule has 0 radical (unpaired) electrons. The fraction of sp³-hybridized carbons (Fsp3) is 0.355. The number of nitrogens with one attached hydrogen (secondary N) is 1. The molecule has 2 amide bonds. The van der Waals surface area contributed by atoms with Crippen LogP contribution >= 0.6 is 0 Å². The Bertz CT molecular complexity index is 1280. The average Bonchev–Trinajstić information content (AvgIpc) is 3.34. The highest BCUT2D eigenvalue weighted by Gasteiger charge is 2.29. The highest BCUT2D eigenvalue weighted by Crippen LogP contribution is 2.33. The minimum Gasteiger partial charge on any atom is -0.497 e. The molecular weight excluding hydrogens is 462 g/mol. The molecule has 0 bridgehead atoms. The van der Waals surface area contributed by atoms with Gasteiger partial charge in [-0.15, -0.1) is 0 Å². The first-order chi connectivity index (χ1) is 17.9. The van der Waals surface area contributed by atoms with Gasteiger partial charge in [0.1, 0.15) is 5.75 Å². The quantitative estimate of drug-likeness (QED) is 0.511. The van der Waals surface area contributed by atoms with Crippen LogP contribution in [-0.4, -0.2) is 50.0 Å². The second kappa shape index (κ2) is 10.7. The van der Waals surface area contributed by atoms with Crippen molar-refractivity contribution >= 4 is 17.5 Å². The van der Waals surface area contributed by atoms with E-state index in [0.717, 1.165) is 55.6 Å². The molecule has 2 aliphatic rings. The molecule has 0 saturated carbocycles. The number of anilines is 1. The first-order valence-corrected chi connectivity index (χ1v) is 13.1. The number of carbonyl (C=O) groups excluding carboxylic acids is 2. The highest BCUT2D eigenvalue weighted by atomic mass is 16.5. The molecule has 1 N–H and O–H groups in total. The molecule has 0 unspecified atom stereocenters. The summed E-state index contributed by atoms with van der Waals surface area (Å²) in [5, 5.41) is 3.20. The fourth-order valence-corrected chi connectivity index (χ4v) is 5.62. The molecule has 0 aromatic heterocycles. The molecule has 0 spiro atoms. The Morgan fingerprint density at radius 2 is 1.70 bits per heavy atom. The Kier molecular flexibility index (Phi) is 7.17. The molecule has 3 aromatic rings. The van der Waals surface area contributed by atoms with Gasteiger partial charge in [0.2, 0.25) is 0 Å². The molecular formula is C31H35N3O3. The van der Waals surface area contributed by atoms with Crippen LogP contribution in [0.5, 0.6) is 5.75 Å². The number of ether oxygens (including phenoxy) is 1. The van der Waals surface area contributed by atoms with Gasteiger partial charge in [-0.05, 0) is 91.8 Å². The lowest BCUT2D eigenvalue weighted by atomic mass is 10.00. The van der Waals surface area contributed by atoms with Crippen molar-refractivity contribution < 1.29 is 14.3 Å². The molecule has 192 valence electrons. The predicted octanol–water partition coefficient (Wildman–Crippen LogP) is 5.16. The van der Waals surface area contributed by atoms with Gasteiger partial charge in [-0.3, -0.25) is 9.59 Å². The van der Waals surface area contributed by atoms with Crippen LogP contribution < -0.4 is 15.0 Å². The van der Waals surface area contributed by atoms with Gasteiger partial charge in [0.15, 0.2) is 0 Å². The third-order valence-corrected chi connectivity index (χ3v) is 7.94. The Labute approximate surface area is 219 Å². The van der Waals surface area contributed by atoms with E-state index in [1.165, 1.54) is 11.3 Å². The first-order valence-electron chi connectivity index (χ1n) is 13.1. The van der Waals surface area contributed by atoms with Crippen LogP contribution in [0.1, 0.15) is 62.7 Å². The Balaban J connectivity index is 1.23. The van der Waals surface area contributed by atoms with E-state index in [1.54, 1.807) is 7.11 Å². The second-order valence-corrected chi connectivity index (χ2v) is 10.1. The van der Waals surface area contributed by atoms with Gasteiger partial charge >= 0.3 is 0 Å². The van der Waals surface area contributed by atoms with Crippen molar-refractivity contribution in [1.82, 2.24) is 10.2 Å². The summed E-state index contributed by atoms with van der Waals surface area (Å²) in [6.45, 7) is 3.77. The number of amides is 2. The first kappa shape index (κ1) is 24.9. The zero-order valence-electron chi connectivity index (χ0n) is 21.9. The molecule has 37 heavy (non-hydrogen) atoms. The SMILES string of the molecule is COc1ccc(N2CCC(N(C)C(=O)c3ccc4c(c3)[C@H](NC(=O)c3ccccc3C)CC4)CC2)cc1. The number of carbonyl (C=O) groups is 2. The summed E-state index contributed by atoms with van der Waals surface area (Å²) in [6, 6.07) is 21.9. The second-order valence-electron chi connectivity index (χ2n) is 10.1. The minimum atomic E-state index is -0.0760. The van der Waals surface area contributed by atoms with Crippen LogP contribution in [0.15, 0.2) is 66.7 Å². The van der Waals surface area contributed by atoms with E-state index in [1.807, 2.05) is 67.4 Å². The van der Waals surface area contributed by atoms with Crippen molar-refractivity contribution in [3.8, 4) is 5.75 Å². The number of methoxy groups -OCH3 is 1. The normalized spacial score (nSPS) is 17.3. The molecule has 3 aromatic carbocycles. The summed E-state index contributed by atoms with van der Waals surface area (Å²) in [6.07, 6.45) is 3.61. The highest BCUT2D eigenvalue weighted by molar-refractivity contribution is 5.96. The van der Waals surface area contributed by atoms with E-state index in [4.69, 9.17) is 4.74 Å². The zero-order valence-corrected chi connectivity index (χ0v) is 21.9. The number of nitrogens with zero attached hydrogens (tertiary/aromatic N) is 2. The lowest BCUT2D eigenvalue weighted by molar-refractivity contribution is 0.0709. The Morgan fingerprint density at radius 3 is 2.41 bits per heavy atom. The van der Waals surface area contributed by atoms with E-state index in [0.29, 0.717) is 11.1 Å². The Hall–Kier alpha value is -3.80. The summed E-state index contributed by atoms with van der Waals surface area (Å²) >= 11 is 0. The van der Waals surface area contributed by atoms with Gasteiger partial charge in [0.05, 0.1) is 13.2 Å². The molecule has 1 aliphatic carbocycles. The van der Waals surface area contributed by atoms with Crippen molar-refractivity contribution in [2.24, 2.45) is 0 Å². The molecule has 1 heterocycles. The van der Waals surface area contributed by atoms with Crippen LogP contribution in [0.3, 0.4) is 0 Å².